The number of hydrogen-bond donors (Lipinski definition) is 2. The molecule has 0 radical (unpaired) electrons. The first kappa shape index (κ1) is 18.8. The first-order valence-corrected chi connectivity index (χ1v) is 9.22. The van der Waals surface area contributed by atoms with Gasteiger partial charge in [-0.1, -0.05) is 0 Å². The van der Waals surface area contributed by atoms with Crippen molar-refractivity contribution in [1.29, 1.82) is 0 Å². The van der Waals surface area contributed by atoms with Crippen LogP contribution in [0, 0.1) is 6.92 Å². The van der Waals surface area contributed by atoms with Crippen LogP contribution >= 0.6 is 11.3 Å². The van der Waals surface area contributed by atoms with E-state index in [0.29, 0.717) is 0 Å². The molecule has 1 aromatic rings. The number of carbonyl (C=O) groups excluding carboxylic acids is 2. The van der Waals surface area contributed by atoms with E-state index in [2.05, 4.69) is 30.8 Å². The molecule has 7 nitrogen and oxygen atoms in total. The van der Waals surface area contributed by atoms with Gasteiger partial charge in [0.25, 0.3) is 0 Å². The van der Waals surface area contributed by atoms with Gasteiger partial charge in [-0.3, -0.25) is 19.9 Å². The van der Waals surface area contributed by atoms with Gasteiger partial charge in [-0.05, 0) is 27.7 Å². The van der Waals surface area contributed by atoms with Gasteiger partial charge >= 0.3 is 6.03 Å². The summed E-state index contributed by atoms with van der Waals surface area (Å²) in [5.74, 6) is -0.253. The number of rotatable bonds is 5. The Balaban J connectivity index is 1.76. The monoisotopic (exact) mass is 353 g/mol. The van der Waals surface area contributed by atoms with Crippen molar-refractivity contribution < 1.29 is 9.59 Å². The number of imide groups is 1. The van der Waals surface area contributed by atoms with Crippen LogP contribution in [0.4, 0.5) is 4.79 Å². The van der Waals surface area contributed by atoms with Crippen LogP contribution in [0.2, 0.25) is 0 Å². The summed E-state index contributed by atoms with van der Waals surface area (Å²) in [4.78, 5) is 32.8. The highest BCUT2D eigenvalue weighted by atomic mass is 32.1. The average Bonchev–Trinajstić information content (AvgIpc) is 2.91. The van der Waals surface area contributed by atoms with Gasteiger partial charge in [0.15, 0.2) is 0 Å². The lowest BCUT2D eigenvalue weighted by Crippen LogP contribution is -2.55. The third-order valence-corrected chi connectivity index (χ3v) is 4.87. The number of carbonyl (C=O) groups is 2. The summed E-state index contributed by atoms with van der Waals surface area (Å²) >= 11 is 1.67. The van der Waals surface area contributed by atoms with Crippen LogP contribution in [0.5, 0.6) is 0 Å². The van der Waals surface area contributed by atoms with Crippen LogP contribution in [0.3, 0.4) is 0 Å². The van der Waals surface area contributed by atoms with Crippen molar-refractivity contribution in [1.82, 2.24) is 25.4 Å². The molecule has 0 unspecified atom stereocenters. The minimum Gasteiger partial charge on any atom is -0.336 e. The Hall–Kier alpha value is -1.51. The Morgan fingerprint density at radius 2 is 1.92 bits per heavy atom. The predicted octanol–water partition coefficient (Wildman–Crippen LogP) is 1.19. The van der Waals surface area contributed by atoms with Gasteiger partial charge in [-0.15, -0.1) is 11.3 Å². The van der Waals surface area contributed by atoms with Gasteiger partial charge in [0.2, 0.25) is 5.91 Å². The lowest BCUT2D eigenvalue weighted by Gasteiger charge is -2.37. The van der Waals surface area contributed by atoms with E-state index in [1.165, 1.54) is 0 Å². The normalized spacial score (nSPS) is 17.7. The summed E-state index contributed by atoms with van der Waals surface area (Å²) in [5.41, 5.74) is 1.11. The Morgan fingerprint density at radius 1 is 1.25 bits per heavy atom. The van der Waals surface area contributed by atoms with Gasteiger partial charge in [-0.25, -0.2) is 9.78 Å². The SMILES string of the molecule is Cc1nc(CN2CCN([C@@H](C)C(=O)NC(=O)NC(C)C)CC2)cs1. The minimum absolute atomic E-state index is 0.00556. The van der Waals surface area contributed by atoms with Gasteiger partial charge in [0.1, 0.15) is 0 Å². The predicted molar refractivity (Wildman–Crippen MR) is 95.0 cm³/mol. The molecule has 0 aliphatic carbocycles. The van der Waals surface area contributed by atoms with Crippen molar-refractivity contribution in [2.75, 3.05) is 26.2 Å². The number of hydrogen-bond acceptors (Lipinski definition) is 6. The molecular weight excluding hydrogens is 326 g/mol. The highest BCUT2D eigenvalue weighted by molar-refractivity contribution is 7.09. The van der Waals surface area contributed by atoms with Crippen molar-refractivity contribution in [3.63, 3.8) is 0 Å². The molecule has 24 heavy (non-hydrogen) atoms. The van der Waals surface area contributed by atoms with Crippen molar-refractivity contribution in [3.05, 3.63) is 16.1 Å². The maximum atomic E-state index is 12.2. The zero-order valence-electron chi connectivity index (χ0n) is 14.8. The highest BCUT2D eigenvalue weighted by Crippen LogP contribution is 2.13. The molecular formula is C16H27N5O2S. The summed E-state index contributed by atoms with van der Waals surface area (Å²) in [5, 5.41) is 8.27. The van der Waals surface area contributed by atoms with Crippen LogP contribution < -0.4 is 10.6 Å². The van der Waals surface area contributed by atoms with E-state index >= 15 is 0 Å². The van der Waals surface area contributed by atoms with E-state index in [0.717, 1.165) is 43.4 Å². The molecule has 2 heterocycles. The van der Waals surface area contributed by atoms with Crippen molar-refractivity contribution in [3.8, 4) is 0 Å². The van der Waals surface area contributed by atoms with Crippen molar-refractivity contribution in [2.24, 2.45) is 0 Å². The molecule has 1 aliphatic heterocycles. The van der Waals surface area contributed by atoms with Crippen LogP contribution in [0.15, 0.2) is 5.38 Å². The van der Waals surface area contributed by atoms with Gasteiger partial charge < -0.3 is 5.32 Å². The molecule has 0 aromatic carbocycles. The first-order valence-electron chi connectivity index (χ1n) is 8.34. The molecule has 2 N–H and O–H groups in total. The molecule has 3 amide bonds. The Morgan fingerprint density at radius 3 is 2.46 bits per heavy atom. The molecule has 134 valence electrons. The van der Waals surface area contributed by atoms with Crippen molar-refractivity contribution >= 4 is 23.3 Å². The summed E-state index contributed by atoms with van der Waals surface area (Å²) in [6, 6.07) is -0.739. The Bertz CT molecular complexity index is 567. The minimum atomic E-state index is -0.431. The smallest absolute Gasteiger partial charge is 0.321 e. The highest BCUT2D eigenvalue weighted by Gasteiger charge is 2.26. The average molecular weight is 353 g/mol. The molecule has 1 saturated heterocycles. The summed E-state index contributed by atoms with van der Waals surface area (Å²) in [6.07, 6.45) is 0. The third-order valence-electron chi connectivity index (χ3n) is 4.04. The second-order valence-corrected chi connectivity index (χ2v) is 7.53. The van der Waals surface area contributed by atoms with Crippen LogP contribution in [-0.4, -0.2) is 65.0 Å². The van der Waals surface area contributed by atoms with E-state index in [1.807, 2.05) is 27.7 Å². The van der Waals surface area contributed by atoms with Crippen LogP contribution in [0.25, 0.3) is 0 Å². The van der Waals surface area contributed by atoms with Gasteiger partial charge in [-0.2, -0.15) is 0 Å². The van der Waals surface area contributed by atoms with Gasteiger partial charge in [0, 0.05) is 44.1 Å². The van der Waals surface area contributed by atoms with Gasteiger partial charge in [0.05, 0.1) is 16.7 Å². The number of thiazole rings is 1. The Labute approximate surface area is 147 Å². The summed E-state index contributed by atoms with van der Waals surface area (Å²) in [6.45, 7) is 11.8. The summed E-state index contributed by atoms with van der Waals surface area (Å²) < 4.78 is 0. The Kier molecular flexibility index (Phi) is 6.70. The van der Waals surface area contributed by atoms with E-state index in [4.69, 9.17) is 0 Å². The maximum Gasteiger partial charge on any atom is 0.321 e. The molecule has 1 atom stereocenters. The molecule has 2 rings (SSSR count). The molecule has 1 aliphatic rings. The molecule has 0 saturated carbocycles. The number of amides is 3. The molecule has 1 fully saturated rings. The second-order valence-electron chi connectivity index (χ2n) is 6.46. The van der Waals surface area contributed by atoms with Crippen LogP contribution in [0.1, 0.15) is 31.5 Å². The number of nitrogens with zero attached hydrogens (tertiary/aromatic N) is 3. The maximum absolute atomic E-state index is 12.2. The molecule has 0 bridgehead atoms. The largest absolute Gasteiger partial charge is 0.336 e. The fourth-order valence-electron chi connectivity index (χ4n) is 2.70. The van der Waals surface area contributed by atoms with E-state index in [-0.39, 0.29) is 18.0 Å². The number of urea groups is 1. The van der Waals surface area contributed by atoms with E-state index in [9.17, 15) is 9.59 Å². The first-order chi connectivity index (χ1) is 11.3. The van der Waals surface area contributed by atoms with E-state index in [1.54, 1.807) is 11.3 Å². The number of nitrogens with one attached hydrogen (secondary N) is 2. The molecule has 0 spiro atoms. The number of aryl methyl sites for hydroxylation is 1. The summed E-state index contributed by atoms with van der Waals surface area (Å²) in [7, 11) is 0. The lowest BCUT2D eigenvalue weighted by molar-refractivity contribution is -0.125. The number of aromatic nitrogens is 1. The lowest BCUT2D eigenvalue weighted by atomic mass is 10.2. The zero-order valence-corrected chi connectivity index (χ0v) is 15.7. The van der Waals surface area contributed by atoms with Crippen LogP contribution in [-0.2, 0) is 11.3 Å². The molecule has 1 aromatic heterocycles. The standard InChI is InChI=1S/C16H27N5O2S/c1-11(2)17-16(23)19-15(22)12(3)21-7-5-20(6-8-21)9-14-10-24-13(4)18-14/h10-12H,5-9H2,1-4H3,(H2,17,19,22,23)/t12-/m0/s1. The van der Waals surface area contributed by atoms with Crippen molar-refractivity contribution in [2.45, 2.75) is 46.3 Å². The fourth-order valence-corrected chi connectivity index (χ4v) is 3.30. The second kappa shape index (κ2) is 8.55. The topological polar surface area (TPSA) is 77.6 Å². The zero-order chi connectivity index (χ0) is 17.7. The quantitative estimate of drug-likeness (QED) is 0.831. The number of piperazine rings is 1. The molecule has 8 heteroatoms. The van der Waals surface area contributed by atoms with E-state index < -0.39 is 6.03 Å². The third kappa shape index (κ3) is 5.54. The fraction of sp³-hybridized carbons (Fsp3) is 0.688.